The molecule has 2 aromatic rings. The van der Waals surface area contributed by atoms with Crippen LogP contribution in [0.15, 0.2) is 73.8 Å². The van der Waals surface area contributed by atoms with E-state index in [1.165, 1.54) is 0 Å². The van der Waals surface area contributed by atoms with Gasteiger partial charge in [0.1, 0.15) is 11.8 Å². The van der Waals surface area contributed by atoms with Gasteiger partial charge in [-0.25, -0.2) is 0 Å². The Morgan fingerprint density at radius 1 is 1.09 bits per heavy atom. The fourth-order valence-electron chi connectivity index (χ4n) is 7.54. The molecule has 0 saturated carbocycles. The van der Waals surface area contributed by atoms with E-state index in [1.807, 2.05) is 45.0 Å². The minimum Gasteiger partial charge on any atom is -0.494 e. The largest absolute Gasteiger partial charge is 0.494 e. The highest BCUT2D eigenvalue weighted by atomic mass is 79.9. The van der Waals surface area contributed by atoms with Gasteiger partial charge in [0.15, 0.2) is 0 Å². The van der Waals surface area contributed by atoms with Crippen molar-refractivity contribution in [2.24, 2.45) is 17.8 Å². The maximum atomic E-state index is 15.0. The number of hydrogen-bond acceptors (Lipinski definition) is 6. The molecule has 8 atom stereocenters. The summed E-state index contributed by atoms with van der Waals surface area (Å²) in [5.74, 6) is -1.54. The molecule has 3 aliphatic rings. The molecule has 5 rings (SSSR count). The van der Waals surface area contributed by atoms with Gasteiger partial charge >= 0.3 is 0 Å². The van der Waals surface area contributed by atoms with Crippen LogP contribution in [0.3, 0.4) is 0 Å². The molecule has 2 aromatic carbocycles. The molecule has 8 nitrogen and oxygen atoms in total. The van der Waals surface area contributed by atoms with Gasteiger partial charge in [0, 0.05) is 39.6 Å². The fourth-order valence-corrected chi connectivity index (χ4v) is 11.3. The molecule has 47 heavy (non-hydrogen) atoms. The third-order valence-corrected chi connectivity index (χ3v) is 13.3. The van der Waals surface area contributed by atoms with Crippen LogP contribution < -0.4 is 14.5 Å². The molecule has 3 amide bonds. The van der Waals surface area contributed by atoms with Crippen molar-refractivity contribution in [2.45, 2.75) is 60.5 Å². The second-order valence-corrected chi connectivity index (χ2v) is 15.6. The third kappa shape index (κ3) is 6.27. The monoisotopic (exact) mass is 743 g/mol. The number of anilines is 2. The van der Waals surface area contributed by atoms with Crippen LogP contribution in [0, 0.1) is 17.8 Å². The van der Waals surface area contributed by atoms with Gasteiger partial charge < -0.3 is 24.5 Å². The van der Waals surface area contributed by atoms with Gasteiger partial charge in [-0.1, -0.05) is 60.0 Å². The van der Waals surface area contributed by atoms with E-state index in [9.17, 15) is 19.5 Å². The molecule has 0 aliphatic carbocycles. The van der Waals surface area contributed by atoms with E-state index in [1.54, 1.807) is 62.9 Å². The van der Waals surface area contributed by atoms with Crippen LogP contribution >= 0.6 is 39.3 Å². The number of ether oxygens (including phenoxy) is 1. The number of hydrogen-bond donors (Lipinski definition) is 1. The number of halogens is 2. The standard InChI is InChI=1S/C36H43BrClN3O5S/c1-6-18-39(25-14-16-26(17-15-25)46-9-4)33(43)29-30-34(44)41(28(21-42)22(5)8-3)32(36(30)20-27(37)31(29)47-36)35(45)40(19-7-2)24-12-10-23(38)11-13-24/h6-7,10-17,22,27-32,42H,1-2,8-9,18-21H2,3-5H3/t22-,27?,28-,29-,30-,31-,32?,36?/m0/s1. The van der Waals surface area contributed by atoms with Gasteiger partial charge in [0.25, 0.3) is 5.91 Å². The summed E-state index contributed by atoms with van der Waals surface area (Å²) < 4.78 is 4.72. The fraction of sp³-hybridized carbons (Fsp3) is 0.472. The van der Waals surface area contributed by atoms with Crippen LogP contribution in [0.4, 0.5) is 11.4 Å². The number of likely N-dealkylation sites (tertiary alicyclic amines) is 1. The molecule has 11 heteroatoms. The summed E-state index contributed by atoms with van der Waals surface area (Å²) in [6, 6.07) is 12.8. The summed E-state index contributed by atoms with van der Waals surface area (Å²) >= 11 is 11.6. The summed E-state index contributed by atoms with van der Waals surface area (Å²) in [7, 11) is 0. The molecule has 0 aromatic heterocycles. The number of aliphatic hydroxyl groups is 1. The van der Waals surface area contributed by atoms with Gasteiger partial charge in [-0.05, 0) is 67.8 Å². The lowest BCUT2D eigenvalue weighted by Crippen LogP contribution is -2.59. The predicted molar refractivity (Wildman–Crippen MR) is 194 cm³/mol. The Morgan fingerprint density at radius 2 is 1.66 bits per heavy atom. The zero-order valence-corrected chi connectivity index (χ0v) is 30.2. The van der Waals surface area contributed by atoms with Gasteiger partial charge in [0.2, 0.25) is 11.8 Å². The van der Waals surface area contributed by atoms with E-state index in [2.05, 4.69) is 29.1 Å². The second-order valence-electron chi connectivity index (χ2n) is 12.4. The Balaban J connectivity index is 1.61. The Kier molecular flexibility index (Phi) is 11.2. The van der Waals surface area contributed by atoms with Gasteiger partial charge in [-0.3, -0.25) is 14.4 Å². The van der Waals surface area contributed by atoms with Crippen molar-refractivity contribution in [2.75, 3.05) is 36.1 Å². The molecule has 3 aliphatic heterocycles. The predicted octanol–water partition coefficient (Wildman–Crippen LogP) is 6.35. The third-order valence-electron chi connectivity index (χ3n) is 9.84. The highest BCUT2D eigenvalue weighted by Gasteiger charge is 2.76. The van der Waals surface area contributed by atoms with E-state index >= 15 is 0 Å². The minimum absolute atomic E-state index is 0.0879. The lowest BCUT2D eigenvalue weighted by atomic mass is 9.70. The van der Waals surface area contributed by atoms with Crippen LogP contribution in [0.25, 0.3) is 0 Å². The number of thioether (sulfide) groups is 1. The number of fused-ring (bicyclic) bond motifs is 1. The van der Waals surface area contributed by atoms with Crippen LogP contribution in [0.1, 0.15) is 33.6 Å². The summed E-state index contributed by atoms with van der Waals surface area (Å²) in [6.07, 6.45) is 4.56. The summed E-state index contributed by atoms with van der Waals surface area (Å²) in [5.41, 5.74) is 1.30. The molecule has 252 valence electrons. The number of carbonyl (C=O) groups excluding carboxylic acids is 3. The first-order chi connectivity index (χ1) is 22.6. The van der Waals surface area contributed by atoms with Crippen molar-refractivity contribution < 1.29 is 24.2 Å². The Labute approximate surface area is 295 Å². The average Bonchev–Trinajstić information content (AvgIpc) is 3.66. The molecular formula is C36H43BrClN3O5S. The van der Waals surface area contributed by atoms with Crippen LogP contribution in [-0.2, 0) is 14.4 Å². The van der Waals surface area contributed by atoms with Crippen molar-refractivity contribution in [1.29, 1.82) is 0 Å². The number of carbonyl (C=O) groups is 3. The lowest BCUT2D eigenvalue weighted by molar-refractivity contribution is -0.143. The van der Waals surface area contributed by atoms with E-state index in [4.69, 9.17) is 16.3 Å². The number of aliphatic hydroxyl groups excluding tert-OH is 1. The van der Waals surface area contributed by atoms with E-state index < -0.39 is 28.7 Å². The SMILES string of the molecule is C=CCN(C(=O)C1N([C@@H](CO)[C@@H](C)CC)C(=O)[C@@H]2[C@H](C(=O)N(CC=C)c3ccc(OCC)cc3)[C@H]3SC12CC3Br)c1ccc(Cl)cc1. The van der Waals surface area contributed by atoms with Crippen molar-refractivity contribution in [3.05, 3.63) is 78.9 Å². The van der Waals surface area contributed by atoms with Gasteiger partial charge in [0.05, 0.1) is 35.8 Å². The molecule has 2 bridgehead atoms. The molecule has 1 N–H and O–H groups in total. The molecule has 3 saturated heterocycles. The van der Waals surface area contributed by atoms with Crippen molar-refractivity contribution in [3.8, 4) is 5.75 Å². The maximum absolute atomic E-state index is 15.0. The molecular weight excluding hydrogens is 702 g/mol. The first-order valence-electron chi connectivity index (χ1n) is 16.2. The normalized spacial score (nSPS) is 27.2. The Morgan fingerprint density at radius 3 is 2.19 bits per heavy atom. The second kappa shape index (κ2) is 14.8. The van der Waals surface area contributed by atoms with Crippen molar-refractivity contribution >= 4 is 68.4 Å². The first kappa shape index (κ1) is 35.5. The van der Waals surface area contributed by atoms with Crippen LogP contribution in [0.5, 0.6) is 5.75 Å². The van der Waals surface area contributed by atoms with Crippen LogP contribution in [0.2, 0.25) is 5.02 Å². The maximum Gasteiger partial charge on any atom is 0.251 e. The van der Waals surface area contributed by atoms with Crippen molar-refractivity contribution in [1.82, 2.24) is 4.90 Å². The number of nitrogens with zero attached hydrogens (tertiary/aromatic N) is 3. The zero-order chi connectivity index (χ0) is 34.0. The Bertz CT molecular complexity index is 1490. The topological polar surface area (TPSA) is 90.4 Å². The van der Waals surface area contributed by atoms with Crippen molar-refractivity contribution in [3.63, 3.8) is 0 Å². The molecule has 1 spiro atoms. The van der Waals surface area contributed by atoms with E-state index in [0.29, 0.717) is 41.6 Å². The average molecular weight is 745 g/mol. The van der Waals surface area contributed by atoms with Gasteiger partial charge in [-0.15, -0.1) is 24.9 Å². The molecule has 3 heterocycles. The summed E-state index contributed by atoms with van der Waals surface area (Å²) in [4.78, 5) is 49.4. The quantitative estimate of drug-likeness (QED) is 0.179. The minimum atomic E-state index is -0.909. The van der Waals surface area contributed by atoms with E-state index in [-0.39, 0.29) is 53.4 Å². The first-order valence-corrected chi connectivity index (χ1v) is 18.3. The molecule has 0 radical (unpaired) electrons. The van der Waals surface area contributed by atoms with Crippen LogP contribution in [-0.4, -0.2) is 80.9 Å². The zero-order valence-electron chi connectivity index (χ0n) is 27.1. The Hall–Kier alpha value is -2.79. The molecule has 3 fully saturated rings. The number of rotatable bonds is 14. The smallest absolute Gasteiger partial charge is 0.251 e. The van der Waals surface area contributed by atoms with E-state index in [0.717, 1.165) is 0 Å². The summed E-state index contributed by atoms with van der Waals surface area (Å²) in [6.45, 7) is 14.4. The number of alkyl halides is 1. The summed E-state index contributed by atoms with van der Waals surface area (Å²) in [5, 5.41) is 11.1. The van der Waals surface area contributed by atoms with Gasteiger partial charge in [-0.2, -0.15) is 0 Å². The molecule has 3 unspecified atom stereocenters. The highest BCUT2D eigenvalue weighted by molar-refractivity contribution is 9.09. The number of amides is 3. The lowest BCUT2D eigenvalue weighted by Gasteiger charge is -2.41. The number of benzene rings is 2. The highest BCUT2D eigenvalue weighted by Crippen LogP contribution is 2.68.